The molecule has 0 spiro atoms. The molecular weight excluding hydrogens is 647 g/mol. The predicted octanol–water partition coefficient (Wildman–Crippen LogP) is 14.6. The van der Waals surface area contributed by atoms with Gasteiger partial charge in [0.25, 0.3) is 0 Å². The molecule has 0 fully saturated rings. The molecule has 248 valence electrons. The summed E-state index contributed by atoms with van der Waals surface area (Å²) in [5, 5.41) is 9.25. The first-order chi connectivity index (χ1) is 26.3. The Balaban J connectivity index is 1.08. The Kier molecular flexibility index (Phi) is 6.55. The van der Waals surface area contributed by atoms with Crippen LogP contribution in [0.4, 0.5) is 17.1 Å². The molecule has 11 aromatic rings. The number of rotatable bonds is 5. The fourth-order valence-electron chi connectivity index (χ4n) is 8.17. The van der Waals surface area contributed by atoms with Crippen LogP contribution in [-0.2, 0) is 0 Å². The van der Waals surface area contributed by atoms with E-state index in [1.807, 2.05) is 12.1 Å². The van der Waals surface area contributed by atoms with Gasteiger partial charge < -0.3 is 13.7 Å². The molecule has 0 unspecified atom stereocenters. The Morgan fingerprint density at radius 3 is 1.85 bits per heavy atom. The first kappa shape index (κ1) is 29.6. The van der Waals surface area contributed by atoms with E-state index in [0.29, 0.717) is 0 Å². The Labute approximate surface area is 305 Å². The molecule has 0 radical (unpaired) electrons. The zero-order valence-corrected chi connectivity index (χ0v) is 28.7. The minimum absolute atomic E-state index is 0.878. The van der Waals surface area contributed by atoms with Crippen LogP contribution in [0.5, 0.6) is 0 Å². The van der Waals surface area contributed by atoms with Crippen molar-refractivity contribution in [2.45, 2.75) is 0 Å². The lowest BCUT2D eigenvalue weighted by atomic mass is 9.97. The number of furan rings is 2. The Morgan fingerprint density at radius 2 is 0.962 bits per heavy atom. The number of anilines is 3. The van der Waals surface area contributed by atoms with Crippen LogP contribution >= 0.6 is 0 Å². The molecule has 2 heterocycles. The molecule has 0 aliphatic carbocycles. The van der Waals surface area contributed by atoms with Gasteiger partial charge in [-0.15, -0.1) is 0 Å². The third-order valence-electron chi connectivity index (χ3n) is 10.6. The van der Waals surface area contributed by atoms with Gasteiger partial charge in [-0.05, 0) is 99.1 Å². The van der Waals surface area contributed by atoms with E-state index in [9.17, 15) is 0 Å². The van der Waals surface area contributed by atoms with E-state index < -0.39 is 0 Å². The van der Waals surface area contributed by atoms with Gasteiger partial charge in [0.05, 0.1) is 0 Å². The molecule has 0 amide bonds. The lowest BCUT2D eigenvalue weighted by molar-refractivity contribution is 0.669. The second kappa shape index (κ2) is 11.7. The fourth-order valence-corrected chi connectivity index (χ4v) is 8.17. The van der Waals surface area contributed by atoms with Gasteiger partial charge in [-0.3, -0.25) is 0 Å². The molecule has 3 nitrogen and oxygen atoms in total. The fraction of sp³-hybridized carbons (Fsp3) is 0. The van der Waals surface area contributed by atoms with Gasteiger partial charge in [0.2, 0.25) is 0 Å². The lowest BCUT2D eigenvalue weighted by Crippen LogP contribution is -2.10. The predicted molar refractivity (Wildman–Crippen MR) is 222 cm³/mol. The number of benzene rings is 9. The highest BCUT2D eigenvalue weighted by molar-refractivity contribution is 6.19. The van der Waals surface area contributed by atoms with Gasteiger partial charge >= 0.3 is 0 Å². The minimum atomic E-state index is 0.878. The highest BCUT2D eigenvalue weighted by atomic mass is 16.3. The second-order valence-corrected chi connectivity index (χ2v) is 13.7. The first-order valence-corrected chi connectivity index (χ1v) is 18.0. The molecule has 0 saturated heterocycles. The van der Waals surface area contributed by atoms with E-state index in [1.54, 1.807) is 0 Å². The Bertz CT molecular complexity index is 3180. The highest BCUT2D eigenvalue weighted by Crippen LogP contribution is 2.43. The normalized spacial score (nSPS) is 11.8. The maximum Gasteiger partial charge on any atom is 0.143 e. The van der Waals surface area contributed by atoms with Crippen molar-refractivity contribution in [2.24, 2.45) is 0 Å². The van der Waals surface area contributed by atoms with Crippen molar-refractivity contribution in [1.82, 2.24) is 0 Å². The highest BCUT2D eigenvalue weighted by Gasteiger charge is 2.19. The van der Waals surface area contributed by atoms with Crippen LogP contribution in [0.3, 0.4) is 0 Å². The van der Waals surface area contributed by atoms with Crippen molar-refractivity contribution < 1.29 is 8.83 Å². The second-order valence-electron chi connectivity index (χ2n) is 13.7. The van der Waals surface area contributed by atoms with Crippen molar-refractivity contribution in [3.05, 3.63) is 188 Å². The molecular formula is C50H31NO2. The number of fused-ring (bicyclic) bond motifs is 9. The molecule has 0 aliphatic rings. The van der Waals surface area contributed by atoms with Crippen LogP contribution in [0.1, 0.15) is 0 Å². The summed E-state index contributed by atoms with van der Waals surface area (Å²) in [4.78, 5) is 2.35. The van der Waals surface area contributed by atoms with Crippen molar-refractivity contribution in [3.63, 3.8) is 0 Å². The van der Waals surface area contributed by atoms with Crippen LogP contribution in [0.2, 0.25) is 0 Å². The molecule has 0 bridgehead atoms. The summed E-state index contributed by atoms with van der Waals surface area (Å²) in [6, 6.07) is 66.9. The summed E-state index contributed by atoms with van der Waals surface area (Å²) in [5.74, 6) is 0. The summed E-state index contributed by atoms with van der Waals surface area (Å²) < 4.78 is 12.8. The molecule has 53 heavy (non-hydrogen) atoms. The molecule has 0 aliphatic heterocycles. The minimum Gasteiger partial charge on any atom is -0.456 e. The van der Waals surface area contributed by atoms with Gasteiger partial charge in [-0.2, -0.15) is 0 Å². The average molecular weight is 678 g/mol. The molecule has 2 aromatic heterocycles. The largest absolute Gasteiger partial charge is 0.456 e. The number of nitrogens with zero attached hydrogens (tertiary/aromatic N) is 1. The number of hydrogen-bond donors (Lipinski definition) is 0. The van der Waals surface area contributed by atoms with Crippen molar-refractivity contribution in [3.8, 4) is 22.3 Å². The van der Waals surface area contributed by atoms with Gasteiger partial charge in [0.1, 0.15) is 22.3 Å². The Morgan fingerprint density at radius 1 is 0.321 bits per heavy atom. The van der Waals surface area contributed by atoms with Gasteiger partial charge in [-0.1, -0.05) is 127 Å². The third kappa shape index (κ3) is 4.75. The van der Waals surface area contributed by atoms with Crippen molar-refractivity contribution in [1.29, 1.82) is 0 Å². The van der Waals surface area contributed by atoms with Crippen molar-refractivity contribution >= 4 is 82.5 Å². The smallest absolute Gasteiger partial charge is 0.143 e. The summed E-state index contributed by atoms with van der Waals surface area (Å²) in [7, 11) is 0. The summed E-state index contributed by atoms with van der Waals surface area (Å²) in [6.45, 7) is 0. The van der Waals surface area contributed by atoms with Crippen LogP contribution < -0.4 is 4.90 Å². The number of hydrogen-bond acceptors (Lipinski definition) is 3. The summed E-state index contributed by atoms with van der Waals surface area (Å²) in [6.07, 6.45) is 0. The molecule has 0 atom stereocenters. The topological polar surface area (TPSA) is 29.5 Å². The van der Waals surface area contributed by atoms with Crippen LogP contribution in [0.25, 0.3) is 87.7 Å². The van der Waals surface area contributed by atoms with E-state index in [1.165, 1.54) is 27.3 Å². The van der Waals surface area contributed by atoms with Crippen LogP contribution in [0.15, 0.2) is 197 Å². The van der Waals surface area contributed by atoms with Crippen molar-refractivity contribution in [2.75, 3.05) is 4.90 Å². The summed E-state index contributed by atoms with van der Waals surface area (Å²) >= 11 is 0. The standard InChI is InChI=1S/C50H31NO2/c1-3-15-39-32(10-1)12-8-18-40(39)35-13-7-14-37(30-35)51(38-27-29-47-45(31-38)43-17-5-6-20-46(43)52-47)36-25-22-34(23-26-36)41-19-9-21-48-49(41)44-28-24-33-11-2-4-16-42(33)50(44)53-48/h1-31H. The van der Waals surface area contributed by atoms with E-state index >= 15 is 0 Å². The van der Waals surface area contributed by atoms with E-state index in [-0.39, 0.29) is 0 Å². The SMILES string of the molecule is c1cc(-c2cccc3ccccc23)cc(N(c2ccc(-c3cccc4oc5c6ccccc6ccc5c34)cc2)c2ccc3oc4ccccc4c3c2)c1. The molecule has 9 aromatic carbocycles. The van der Waals surface area contributed by atoms with E-state index in [4.69, 9.17) is 8.83 Å². The molecule has 0 saturated carbocycles. The lowest BCUT2D eigenvalue weighted by Gasteiger charge is -2.26. The van der Waals surface area contributed by atoms with E-state index in [0.717, 1.165) is 77.5 Å². The quantitative estimate of drug-likeness (QED) is 0.182. The summed E-state index contributed by atoms with van der Waals surface area (Å²) in [5.41, 5.74) is 11.5. The third-order valence-corrected chi connectivity index (χ3v) is 10.6. The van der Waals surface area contributed by atoms with Gasteiger partial charge in [0, 0.05) is 44.0 Å². The molecule has 0 N–H and O–H groups in total. The first-order valence-electron chi connectivity index (χ1n) is 18.0. The average Bonchev–Trinajstić information content (AvgIpc) is 3.80. The zero-order valence-electron chi connectivity index (χ0n) is 28.7. The van der Waals surface area contributed by atoms with Gasteiger partial charge in [0.15, 0.2) is 0 Å². The van der Waals surface area contributed by atoms with Gasteiger partial charge in [-0.25, -0.2) is 0 Å². The number of para-hydroxylation sites is 1. The maximum atomic E-state index is 6.52. The zero-order chi connectivity index (χ0) is 34.9. The van der Waals surface area contributed by atoms with Crippen LogP contribution in [0, 0.1) is 0 Å². The molecule has 11 rings (SSSR count). The monoisotopic (exact) mass is 677 g/mol. The van der Waals surface area contributed by atoms with E-state index in [2.05, 4.69) is 181 Å². The molecule has 3 heteroatoms. The maximum absolute atomic E-state index is 6.52. The Hall–Kier alpha value is -7.10. The van der Waals surface area contributed by atoms with Crippen LogP contribution in [-0.4, -0.2) is 0 Å².